The van der Waals surface area contributed by atoms with Gasteiger partial charge >= 0.3 is 6.09 Å². The fourth-order valence-corrected chi connectivity index (χ4v) is 0.954. The molecule has 1 aromatic carbocycles. The second kappa shape index (κ2) is 3.87. The molecule has 0 aliphatic carbocycles. The van der Waals surface area contributed by atoms with Gasteiger partial charge in [-0.15, -0.1) is 0 Å². The number of halogens is 1. The summed E-state index contributed by atoms with van der Waals surface area (Å²) in [6, 6.07) is 3.38. The molecular formula is C9H8FNO3. The number of carbonyl (C=O) groups excluding carboxylic acids is 2. The van der Waals surface area contributed by atoms with E-state index in [-0.39, 0.29) is 11.3 Å². The molecule has 1 amide bonds. The quantitative estimate of drug-likeness (QED) is 0.730. The van der Waals surface area contributed by atoms with Crippen LogP contribution in [0.15, 0.2) is 18.2 Å². The van der Waals surface area contributed by atoms with Crippen molar-refractivity contribution >= 4 is 11.9 Å². The number of primary amides is 1. The number of amides is 1. The molecule has 1 aromatic rings. The normalized spacial score (nSPS) is 9.57. The molecule has 0 fully saturated rings. The molecule has 0 aromatic heterocycles. The van der Waals surface area contributed by atoms with E-state index < -0.39 is 17.7 Å². The molecule has 5 heteroatoms. The summed E-state index contributed by atoms with van der Waals surface area (Å²) in [5, 5.41) is 0. The average Bonchev–Trinajstić information content (AvgIpc) is 2.07. The topological polar surface area (TPSA) is 69.4 Å². The highest BCUT2D eigenvalue weighted by molar-refractivity contribution is 5.94. The van der Waals surface area contributed by atoms with Crippen molar-refractivity contribution in [3.63, 3.8) is 0 Å². The van der Waals surface area contributed by atoms with Crippen LogP contribution in [-0.4, -0.2) is 11.9 Å². The van der Waals surface area contributed by atoms with E-state index in [1.165, 1.54) is 13.0 Å². The molecule has 0 heterocycles. The van der Waals surface area contributed by atoms with Gasteiger partial charge in [-0.25, -0.2) is 9.18 Å². The second-order valence-electron chi connectivity index (χ2n) is 2.62. The number of benzene rings is 1. The Morgan fingerprint density at radius 3 is 2.57 bits per heavy atom. The van der Waals surface area contributed by atoms with Gasteiger partial charge in [-0.1, -0.05) is 0 Å². The molecule has 0 aliphatic rings. The van der Waals surface area contributed by atoms with Gasteiger partial charge in [0.2, 0.25) is 0 Å². The van der Waals surface area contributed by atoms with Crippen molar-refractivity contribution in [1.29, 1.82) is 0 Å². The number of hydrogen-bond donors (Lipinski definition) is 1. The smallest absolute Gasteiger partial charge is 0.409 e. The van der Waals surface area contributed by atoms with Crippen LogP contribution in [0.5, 0.6) is 5.75 Å². The maximum absolute atomic E-state index is 13.0. The Hall–Kier alpha value is -1.91. The zero-order valence-corrected chi connectivity index (χ0v) is 7.41. The maximum Gasteiger partial charge on any atom is 0.409 e. The van der Waals surface area contributed by atoms with Crippen molar-refractivity contribution < 1.29 is 18.7 Å². The molecule has 0 aliphatic heterocycles. The van der Waals surface area contributed by atoms with Crippen molar-refractivity contribution in [1.82, 2.24) is 0 Å². The maximum atomic E-state index is 13.0. The van der Waals surface area contributed by atoms with Crippen molar-refractivity contribution in [2.45, 2.75) is 6.92 Å². The first-order chi connectivity index (χ1) is 6.50. The summed E-state index contributed by atoms with van der Waals surface area (Å²) in [6.07, 6.45) is -1.01. The summed E-state index contributed by atoms with van der Waals surface area (Å²) >= 11 is 0. The molecule has 14 heavy (non-hydrogen) atoms. The Balaban J connectivity index is 3.06. The number of carbonyl (C=O) groups is 2. The summed E-state index contributed by atoms with van der Waals surface area (Å²) in [4.78, 5) is 21.2. The largest absolute Gasteiger partial charge is 0.410 e. The SMILES string of the molecule is CC(=O)c1cc(OC(N)=O)ccc1F. The highest BCUT2D eigenvalue weighted by atomic mass is 19.1. The Morgan fingerprint density at radius 1 is 1.43 bits per heavy atom. The summed E-state index contributed by atoms with van der Waals surface area (Å²) in [6.45, 7) is 1.21. The van der Waals surface area contributed by atoms with E-state index in [2.05, 4.69) is 4.74 Å². The molecule has 0 radical (unpaired) electrons. The van der Waals surface area contributed by atoms with Gasteiger partial charge in [0.1, 0.15) is 11.6 Å². The fourth-order valence-electron chi connectivity index (χ4n) is 0.954. The zero-order valence-electron chi connectivity index (χ0n) is 7.41. The van der Waals surface area contributed by atoms with Crippen LogP contribution in [0.2, 0.25) is 0 Å². The standard InChI is InChI=1S/C9H8FNO3/c1-5(12)7-4-6(14-9(11)13)2-3-8(7)10/h2-4H,1H3,(H2,11,13). The molecule has 0 spiro atoms. The van der Waals surface area contributed by atoms with Gasteiger partial charge in [0.05, 0.1) is 5.56 Å². The molecule has 2 N–H and O–H groups in total. The molecule has 4 nitrogen and oxygen atoms in total. The average molecular weight is 197 g/mol. The van der Waals surface area contributed by atoms with Crippen LogP contribution in [-0.2, 0) is 0 Å². The summed E-state index contributed by atoms with van der Waals surface area (Å²) in [5.74, 6) is -1.06. The molecule has 0 unspecified atom stereocenters. The minimum absolute atomic E-state index is 0.0455. The van der Waals surface area contributed by atoms with Crippen LogP contribution in [0.25, 0.3) is 0 Å². The van der Waals surface area contributed by atoms with Crippen molar-refractivity contribution in [3.8, 4) is 5.75 Å². The van der Waals surface area contributed by atoms with Gasteiger partial charge in [-0.2, -0.15) is 0 Å². The first-order valence-corrected chi connectivity index (χ1v) is 3.78. The molecule has 0 saturated carbocycles. The number of ether oxygens (including phenoxy) is 1. The first-order valence-electron chi connectivity index (χ1n) is 3.78. The molecule has 0 atom stereocenters. The Bertz CT molecular complexity index is 390. The molecule has 0 bridgehead atoms. The van der Waals surface area contributed by atoms with Gasteiger partial charge in [-0.05, 0) is 25.1 Å². The number of ketones is 1. The summed E-state index contributed by atoms with van der Waals surface area (Å²) in [5.41, 5.74) is 4.61. The summed E-state index contributed by atoms with van der Waals surface area (Å²) < 4.78 is 17.4. The number of hydrogen-bond acceptors (Lipinski definition) is 3. The summed E-state index contributed by atoms with van der Waals surface area (Å²) in [7, 11) is 0. The van der Waals surface area contributed by atoms with Gasteiger partial charge in [-0.3, -0.25) is 4.79 Å². The minimum atomic E-state index is -1.01. The van der Waals surface area contributed by atoms with Crippen LogP contribution in [0.1, 0.15) is 17.3 Å². The third-order valence-corrected chi connectivity index (χ3v) is 1.54. The van der Waals surface area contributed by atoms with E-state index in [0.717, 1.165) is 12.1 Å². The molecular weight excluding hydrogens is 189 g/mol. The van der Waals surface area contributed by atoms with Crippen LogP contribution < -0.4 is 10.5 Å². The van der Waals surface area contributed by atoms with E-state index in [9.17, 15) is 14.0 Å². The second-order valence-corrected chi connectivity index (χ2v) is 2.62. The number of Topliss-reactive ketones (excluding diaryl/α,β-unsaturated/α-hetero) is 1. The lowest BCUT2D eigenvalue weighted by Gasteiger charge is -2.03. The molecule has 74 valence electrons. The predicted octanol–water partition coefficient (Wildman–Crippen LogP) is 1.49. The van der Waals surface area contributed by atoms with E-state index in [1.54, 1.807) is 0 Å². The lowest BCUT2D eigenvalue weighted by molar-refractivity contribution is 0.101. The number of nitrogens with two attached hydrogens (primary N) is 1. The van der Waals surface area contributed by atoms with Gasteiger partial charge < -0.3 is 10.5 Å². The van der Waals surface area contributed by atoms with Crippen molar-refractivity contribution in [2.24, 2.45) is 5.73 Å². The lowest BCUT2D eigenvalue weighted by Crippen LogP contribution is -2.16. The van der Waals surface area contributed by atoms with E-state index in [0.29, 0.717) is 0 Å². The van der Waals surface area contributed by atoms with Gasteiger partial charge in [0.25, 0.3) is 0 Å². The van der Waals surface area contributed by atoms with Crippen LogP contribution >= 0.6 is 0 Å². The van der Waals surface area contributed by atoms with E-state index >= 15 is 0 Å². The van der Waals surface area contributed by atoms with Gasteiger partial charge in [0.15, 0.2) is 5.78 Å². The third kappa shape index (κ3) is 2.29. The number of rotatable bonds is 2. The molecule has 0 saturated heterocycles. The monoisotopic (exact) mass is 197 g/mol. The fraction of sp³-hybridized carbons (Fsp3) is 0.111. The Morgan fingerprint density at radius 2 is 2.07 bits per heavy atom. The first kappa shape index (κ1) is 10.2. The van der Waals surface area contributed by atoms with Crippen LogP contribution in [0.4, 0.5) is 9.18 Å². The van der Waals surface area contributed by atoms with Crippen LogP contribution in [0.3, 0.4) is 0 Å². The Kier molecular flexibility index (Phi) is 2.81. The lowest BCUT2D eigenvalue weighted by atomic mass is 10.1. The van der Waals surface area contributed by atoms with Crippen molar-refractivity contribution in [3.05, 3.63) is 29.6 Å². The third-order valence-electron chi connectivity index (χ3n) is 1.54. The van der Waals surface area contributed by atoms with E-state index in [4.69, 9.17) is 5.73 Å². The van der Waals surface area contributed by atoms with E-state index in [1.807, 2.05) is 0 Å². The van der Waals surface area contributed by atoms with Crippen LogP contribution in [0, 0.1) is 5.82 Å². The Labute approximate surface area is 79.5 Å². The van der Waals surface area contributed by atoms with Gasteiger partial charge in [0, 0.05) is 0 Å². The highest BCUT2D eigenvalue weighted by Crippen LogP contribution is 2.17. The highest BCUT2D eigenvalue weighted by Gasteiger charge is 2.09. The predicted molar refractivity (Wildman–Crippen MR) is 46.6 cm³/mol. The zero-order chi connectivity index (χ0) is 10.7. The molecule has 1 rings (SSSR count). The van der Waals surface area contributed by atoms with Crippen molar-refractivity contribution in [2.75, 3.05) is 0 Å². The minimum Gasteiger partial charge on any atom is -0.410 e.